The monoisotopic (exact) mass is 660 g/mol. The van der Waals surface area contributed by atoms with Gasteiger partial charge in [-0.15, -0.1) is 0 Å². The van der Waals surface area contributed by atoms with Crippen LogP contribution >= 0.6 is 0 Å². The second kappa shape index (κ2) is 31.5. The van der Waals surface area contributed by atoms with Crippen molar-refractivity contribution in [3.05, 3.63) is 12.2 Å². The molecule has 0 aliphatic heterocycles. The van der Waals surface area contributed by atoms with Crippen LogP contribution in [0.2, 0.25) is 0 Å². The van der Waals surface area contributed by atoms with Gasteiger partial charge in [-0.3, -0.25) is 0 Å². The molecule has 0 aromatic carbocycles. The third kappa shape index (κ3) is 33.4. The molecule has 0 saturated heterocycles. The van der Waals surface area contributed by atoms with E-state index < -0.39 is 32.7 Å². The van der Waals surface area contributed by atoms with Crippen molar-refractivity contribution >= 4 is 91.9 Å². The number of rotatable bonds is 28. The van der Waals surface area contributed by atoms with Gasteiger partial charge in [0.05, 0.1) is 13.2 Å². The molecule has 0 aromatic rings. The summed E-state index contributed by atoms with van der Waals surface area (Å²) in [5, 5.41) is 0. The number of unbranched alkanes of at least 4 members (excludes halogenated alkanes) is 18. The fourth-order valence-corrected chi connectivity index (χ4v) is 5.20. The van der Waals surface area contributed by atoms with Crippen LogP contribution in [0.4, 0.5) is 0 Å². The quantitative estimate of drug-likeness (QED) is 0.0584. The average Bonchev–Trinajstić information content (AvgIpc) is 2.88. The van der Waals surface area contributed by atoms with Crippen molar-refractivity contribution in [3.8, 4) is 0 Å². The maximum absolute atomic E-state index is 11.7. The molecule has 0 spiro atoms. The molecule has 0 rings (SSSR count). The second-order valence-corrected chi connectivity index (χ2v) is 12.4. The molecule has 0 N–H and O–H groups in total. The summed E-state index contributed by atoms with van der Waals surface area (Å²) in [6.45, 7) is 4.10. The van der Waals surface area contributed by atoms with Crippen molar-refractivity contribution in [2.45, 2.75) is 142 Å². The first kappa shape index (κ1) is 46.9. The minimum atomic E-state index is -4.60. The van der Waals surface area contributed by atoms with Crippen molar-refractivity contribution in [3.63, 3.8) is 0 Å². The van der Waals surface area contributed by atoms with Crippen molar-refractivity contribution < 1.29 is 43.2 Å². The van der Waals surface area contributed by atoms with E-state index in [-0.39, 0.29) is 72.3 Å². The summed E-state index contributed by atoms with van der Waals surface area (Å²) >= 11 is 0. The molecule has 14 heteroatoms. The Morgan fingerprint density at radius 3 is 0.952 bits per heavy atom. The average molecular weight is 661 g/mol. The summed E-state index contributed by atoms with van der Waals surface area (Å²) in [5.41, 5.74) is 0. The van der Waals surface area contributed by atoms with E-state index in [1.54, 1.807) is 0 Å². The zero-order valence-electron chi connectivity index (χ0n) is 24.6. The van der Waals surface area contributed by atoms with Crippen molar-refractivity contribution in [2.75, 3.05) is 13.2 Å². The topological polar surface area (TPSA) is 139 Å². The van der Waals surface area contributed by atoms with Crippen LogP contribution in [-0.4, -0.2) is 101 Å². The van der Waals surface area contributed by atoms with Crippen LogP contribution in [0.3, 0.4) is 0 Å². The molecular formula is C28H54Na2O10S2. The predicted octanol–water partition coefficient (Wildman–Crippen LogP) is 5.70. The van der Waals surface area contributed by atoms with E-state index in [0.29, 0.717) is 25.0 Å². The van der Waals surface area contributed by atoms with Gasteiger partial charge in [-0.05, 0) is 12.8 Å². The molecule has 0 unspecified atom stereocenters. The molecule has 0 atom stereocenters. The van der Waals surface area contributed by atoms with Gasteiger partial charge < -0.3 is 8.37 Å². The van der Waals surface area contributed by atoms with E-state index >= 15 is 0 Å². The third-order valence-electron chi connectivity index (χ3n) is 6.18. The molecule has 0 amide bonds. The molecule has 42 heavy (non-hydrogen) atoms. The van der Waals surface area contributed by atoms with Gasteiger partial charge in [-0.25, -0.2) is 18.0 Å². The molecule has 0 bridgehead atoms. The Hall–Kier alpha value is 0.500. The van der Waals surface area contributed by atoms with E-state index in [1.165, 1.54) is 64.2 Å². The summed E-state index contributed by atoms with van der Waals surface area (Å²) in [4.78, 5) is 23.3. The maximum atomic E-state index is 11.7. The Balaban J connectivity index is -0.00000760. The summed E-state index contributed by atoms with van der Waals surface area (Å²) in [6, 6.07) is 0. The zero-order chi connectivity index (χ0) is 30.0. The van der Waals surface area contributed by atoms with Crippen LogP contribution in [0.1, 0.15) is 142 Å². The van der Waals surface area contributed by atoms with Gasteiger partial charge in [0.15, 0.2) is 0 Å². The Bertz CT molecular complexity index is 822. The molecule has 240 valence electrons. The second-order valence-electron chi connectivity index (χ2n) is 9.96. The number of carbonyl (C=O) groups is 2. The van der Waals surface area contributed by atoms with Crippen molar-refractivity contribution in [1.29, 1.82) is 0 Å². The first-order chi connectivity index (χ1) is 19.1. The number of carbonyl (C=O) groups excluding carboxylic acids is 2. The van der Waals surface area contributed by atoms with E-state index in [2.05, 4.69) is 30.6 Å². The fourth-order valence-electron chi connectivity index (χ4n) is 3.94. The Kier molecular flexibility index (Phi) is 35.2. The summed E-state index contributed by atoms with van der Waals surface area (Å²) in [5.74, 6) is -2.85. The van der Waals surface area contributed by atoms with Gasteiger partial charge in [0, 0.05) is 12.2 Å². The normalized spacial score (nSPS) is 11.6. The number of hydrogen-bond acceptors (Lipinski definition) is 10. The van der Waals surface area contributed by atoms with Gasteiger partial charge in [0.2, 0.25) is 0 Å². The molecule has 0 aliphatic rings. The Morgan fingerprint density at radius 1 is 0.452 bits per heavy atom. The van der Waals surface area contributed by atoms with Crippen LogP contribution in [0.5, 0.6) is 0 Å². The predicted molar refractivity (Wildman–Crippen MR) is 169 cm³/mol. The van der Waals surface area contributed by atoms with E-state index in [0.717, 1.165) is 51.4 Å². The standard InChI is InChI=1S/C28H52O10S2.2Na.2H/c1-3-5-7-9-11-13-15-17-19-21-25-35-39(31,32)37-27(29)23-24-28(30)38-40(33,34)36-26-22-20-18-16-14-12-10-8-6-4-2;;;;/h23-24H,3-22,25-26H2,1-2H3;;;;/b24-23-;;;;. The molecule has 0 radical (unpaired) electrons. The molecule has 10 nitrogen and oxygen atoms in total. The Morgan fingerprint density at radius 2 is 0.690 bits per heavy atom. The molecule has 0 saturated carbocycles. The van der Waals surface area contributed by atoms with Crippen LogP contribution in [-0.2, 0) is 47.1 Å². The minimum absolute atomic E-state index is 0. The van der Waals surface area contributed by atoms with Gasteiger partial charge in [0.1, 0.15) is 0 Å². The SMILES string of the molecule is CCCCCCCCCCCCOS(=O)(=O)OC(=O)/C=C\C(=O)OS(=O)(=O)OCCCCCCCCCCCC.[NaH].[NaH]. The van der Waals surface area contributed by atoms with Crippen LogP contribution < -0.4 is 0 Å². The van der Waals surface area contributed by atoms with Gasteiger partial charge in [-0.2, -0.15) is 16.8 Å². The molecule has 0 aliphatic carbocycles. The van der Waals surface area contributed by atoms with Crippen molar-refractivity contribution in [2.24, 2.45) is 0 Å². The van der Waals surface area contributed by atoms with Gasteiger partial charge in [-0.1, -0.05) is 129 Å². The molecule has 0 aromatic heterocycles. The summed E-state index contributed by atoms with van der Waals surface area (Å²) in [6.07, 6.45) is 22.3. The van der Waals surface area contributed by atoms with Crippen molar-refractivity contribution in [1.82, 2.24) is 0 Å². The first-order valence-corrected chi connectivity index (χ1v) is 17.7. The summed E-state index contributed by atoms with van der Waals surface area (Å²) < 4.78 is 64.5. The van der Waals surface area contributed by atoms with Crippen LogP contribution in [0, 0.1) is 0 Å². The van der Waals surface area contributed by atoms with E-state index in [9.17, 15) is 26.4 Å². The molecular weight excluding hydrogens is 606 g/mol. The fraction of sp³-hybridized carbons (Fsp3) is 0.857. The van der Waals surface area contributed by atoms with E-state index in [1.807, 2.05) is 0 Å². The Labute approximate surface area is 300 Å². The molecule has 0 heterocycles. The number of hydrogen-bond donors (Lipinski definition) is 0. The molecule has 0 fully saturated rings. The first-order valence-electron chi connectivity index (χ1n) is 15.1. The van der Waals surface area contributed by atoms with Gasteiger partial charge >= 0.3 is 91.9 Å². The van der Waals surface area contributed by atoms with E-state index in [4.69, 9.17) is 0 Å². The van der Waals surface area contributed by atoms with Crippen LogP contribution in [0.15, 0.2) is 12.2 Å². The van der Waals surface area contributed by atoms with Gasteiger partial charge in [0.25, 0.3) is 0 Å². The third-order valence-corrected chi connectivity index (χ3v) is 7.82. The summed E-state index contributed by atoms with van der Waals surface area (Å²) in [7, 11) is -9.20. The zero-order valence-corrected chi connectivity index (χ0v) is 26.2. The van der Waals surface area contributed by atoms with Crippen LogP contribution in [0.25, 0.3) is 0 Å².